The number of carbonyl (C=O) groups excluding carboxylic acids is 4. The van der Waals surface area contributed by atoms with E-state index in [-0.39, 0.29) is 63.3 Å². The second kappa shape index (κ2) is 23.0. The number of rotatable bonds is 23. The van der Waals surface area contributed by atoms with Crippen molar-refractivity contribution < 1.29 is 54.2 Å². The lowest BCUT2D eigenvalue weighted by molar-refractivity contribution is -0.301. The summed E-state index contributed by atoms with van der Waals surface area (Å²) in [6.45, 7) is 2.15. The average molecular weight is 636 g/mol. The Hall–Kier alpha value is -2.44. The number of ether oxygens (including phenoxy) is 2. The molecular formula is C28H53N5O11. The summed E-state index contributed by atoms with van der Waals surface area (Å²) < 4.78 is 10.7. The van der Waals surface area contributed by atoms with Crippen molar-refractivity contribution in [2.24, 2.45) is 5.73 Å². The molecule has 1 saturated heterocycles. The molecule has 0 aromatic carbocycles. The maximum Gasteiger partial charge on any atom is 0.243 e. The van der Waals surface area contributed by atoms with Crippen molar-refractivity contribution in [3.8, 4) is 0 Å². The first-order valence-corrected chi connectivity index (χ1v) is 15.4. The summed E-state index contributed by atoms with van der Waals surface area (Å²) in [5, 5.41) is 56.5. The predicted octanol–water partition coefficient (Wildman–Crippen LogP) is -3.17. The molecule has 0 radical (unpaired) electrons. The summed E-state index contributed by atoms with van der Waals surface area (Å²) in [6.07, 6.45) is -2.69. The quantitative estimate of drug-likeness (QED) is 0.0504. The highest BCUT2D eigenvalue weighted by Crippen LogP contribution is 2.22. The highest BCUT2D eigenvalue weighted by Gasteiger charge is 2.44. The van der Waals surface area contributed by atoms with E-state index in [1.807, 2.05) is 0 Å². The largest absolute Gasteiger partial charge is 0.395 e. The van der Waals surface area contributed by atoms with Gasteiger partial charge in [0.15, 0.2) is 6.29 Å². The van der Waals surface area contributed by atoms with Crippen molar-refractivity contribution >= 4 is 23.6 Å². The lowest BCUT2D eigenvalue weighted by Crippen LogP contribution is -2.59. The van der Waals surface area contributed by atoms with Crippen LogP contribution in [0.4, 0.5) is 0 Å². The van der Waals surface area contributed by atoms with Crippen LogP contribution in [-0.2, 0) is 28.7 Å². The zero-order valence-corrected chi connectivity index (χ0v) is 25.7. The molecule has 0 aromatic rings. The Labute approximate surface area is 258 Å². The smallest absolute Gasteiger partial charge is 0.243 e. The maximum absolute atomic E-state index is 12.7. The molecule has 0 bridgehead atoms. The number of aliphatic hydroxyl groups is 5. The van der Waals surface area contributed by atoms with Crippen LogP contribution in [-0.4, -0.2) is 143 Å². The molecule has 0 spiro atoms. The minimum absolute atomic E-state index is 0.0546. The first-order valence-electron chi connectivity index (χ1n) is 15.4. The average Bonchev–Trinajstić information content (AvgIpc) is 3.01. The number of carbonyl (C=O) groups is 4. The Balaban J connectivity index is 2.40. The highest BCUT2D eigenvalue weighted by molar-refractivity contribution is 5.91. The summed E-state index contributed by atoms with van der Waals surface area (Å²) in [6, 6.07) is -0.995. The van der Waals surface area contributed by atoms with Crippen LogP contribution in [0.25, 0.3) is 0 Å². The number of hydrogen-bond acceptors (Lipinski definition) is 12. The molecule has 16 heteroatoms. The lowest BCUT2D eigenvalue weighted by Gasteiger charge is -2.39. The molecule has 16 nitrogen and oxygen atoms in total. The van der Waals surface area contributed by atoms with E-state index < -0.39 is 49.3 Å². The van der Waals surface area contributed by atoms with Crippen LogP contribution in [0.1, 0.15) is 64.7 Å². The van der Waals surface area contributed by atoms with Crippen molar-refractivity contribution in [2.75, 3.05) is 52.5 Å². The summed E-state index contributed by atoms with van der Waals surface area (Å²) in [7, 11) is 0. The Kier molecular flexibility index (Phi) is 20.7. The van der Waals surface area contributed by atoms with Gasteiger partial charge in [-0.2, -0.15) is 0 Å². The Morgan fingerprint density at radius 1 is 0.886 bits per heavy atom. The third-order valence-electron chi connectivity index (χ3n) is 7.15. The third-order valence-corrected chi connectivity index (χ3v) is 7.15. The maximum atomic E-state index is 12.7. The first-order chi connectivity index (χ1) is 21.1. The van der Waals surface area contributed by atoms with Crippen molar-refractivity contribution in [3.63, 3.8) is 0 Å². The van der Waals surface area contributed by atoms with E-state index in [9.17, 15) is 44.7 Å². The number of amides is 4. The molecule has 4 unspecified atom stereocenters. The molecule has 1 rings (SSSR count). The lowest BCUT2D eigenvalue weighted by atomic mass is 9.99. The van der Waals surface area contributed by atoms with E-state index in [4.69, 9.17) is 15.2 Å². The normalized spacial score (nSPS) is 22.2. The molecule has 1 heterocycles. The first kappa shape index (κ1) is 39.6. The molecule has 0 saturated carbocycles. The van der Waals surface area contributed by atoms with Crippen molar-refractivity contribution in [1.82, 2.24) is 20.9 Å². The van der Waals surface area contributed by atoms with Crippen LogP contribution in [0.2, 0.25) is 0 Å². The van der Waals surface area contributed by atoms with Gasteiger partial charge in [0.2, 0.25) is 23.6 Å². The van der Waals surface area contributed by atoms with Gasteiger partial charge in [0.05, 0.1) is 26.2 Å². The van der Waals surface area contributed by atoms with Crippen LogP contribution in [0.5, 0.6) is 0 Å². The standard InChI is InChI=1S/C28H53N5O11/c1-2-21(36)32-19(17-22(37)30-11-8-4-6-10-29)27(42)31-12-7-3-5-9-23(38)33(13-15-34)14-16-43-28-26(41)25(40)24(39)20(18-35)44-28/h19-20,24-26,28,34-35,39-41H,2-18,29H2,1H3,(H,30,37)(H,31,42)(H,32,36)/t19?,20?,24-,25?,26?,28+/m1/s1. The minimum atomic E-state index is -1.58. The Bertz CT molecular complexity index is 851. The molecule has 44 heavy (non-hydrogen) atoms. The molecule has 0 aromatic heterocycles. The van der Waals surface area contributed by atoms with Gasteiger partial charge in [-0.1, -0.05) is 19.8 Å². The van der Waals surface area contributed by atoms with Crippen LogP contribution in [0, 0.1) is 0 Å². The van der Waals surface area contributed by atoms with E-state index in [0.717, 1.165) is 19.3 Å². The fourth-order valence-electron chi connectivity index (χ4n) is 4.47. The number of unbranched alkanes of at least 4 members (excludes halogenated alkanes) is 4. The molecule has 1 fully saturated rings. The van der Waals surface area contributed by atoms with Gasteiger partial charge in [-0.3, -0.25) is 19.2 Å². The number of nitrogens with one attached hydrogen (secondary N) is 3. The number of nitrogens with two attached hydrogens (primary N) is 1. The predicted molar refractivity (Wildman–Crippen MR) is 158 cm³/mol. The zero-order valence-electron chi connectivity index (χ0n) is 25.7. The molecule has 256 valence electrons. The number of hydrogen-bond donors (Lipinski definition) is 9. The van der Waals surface area contributed by atoms with E-state index in [2.05, 4.69) is 16.0 Å². The van der Waals surface area contributed by atoms with Crippen LogP contribution >= 0.6 is 0 Å². The summed E-state index contributed by atoms with van der Waals surface area (Å²) in [5.74, 6) is -1.38. The van der Waals surface area contributed by atoms with Crippen LogP contribution in [0.3, 0.4) is 0 Å². The summed E-state index contributed by atoms with van der Waals surface area (Å²) in [5.41, 5.74) is 5.46. The fraction of sp³-hybridized carbons (Fsp3) is 0.857. The zero-order chi connectivity index (χ0) is 32.9. The van der Waals surface area contributed by atoms with E-state index in [0.29, 0.717) is 38.9 Å². The van der Waals surface area contributed by atoms with Gasteiger partial charge in [-0.15, -0.1) is 0 Å². The van der Waals surface area contributed by atoms with Crippen LogP contribution in [0.15, 0.2) is 0 Å². The Morgan fingerprint density at radius 2 is 1.57 bits per heavy atom. The van der Waals surface area contributed by atoms with Gasteiger partial charge in [-0.25, -0.2) is 0 Å². The van der Waals surface area contributed by atoms with E-state index in [1.54, 1.807) is 6.92 Å². The topological polar surface area (TPSA) is 253 Å². The third kappa shape index (κ3) is 15.0. The van der Waals surface area contributed by atoms with E-state index in [1.165, 1.54) is 4.90 Å². The number of nitrogens with zero attached hydrogens (tertiary/aromatic N) is 1. The fourth-order valence-corrected chi connectivity index (χ4v) is 4.47. The van der Waals surface area contributed by atoms with Gasteiger partial charge < -0.3 is 61.6 Å². The highest BCUT2D eigenvalue weighted by atomic mass is 16.7. The second-order valence-corrected chi connectivity index (χ2v) is 10.7. The minimum Gasteiger partial charge on any atom is -0.395 e. The van der Waals surface area contributed by atoms with Crippen molar-refractivity contribution in [1.29, 1.82) is 0 Å². The summed E-state index contributed by atoms with van der Waals surface area (Å²) >= 11 is 0. The molecule has 4 amide bonds. The molecule has 0 aliphatic carbocycles. The van der Waals surface area contributed by atoms with Crippen molar-refractivity contribution in [3.05, 3.63) is 0 Å². The molecule has 1 aliphatic heterocycles. The van der Waals surface area contributed by atoms with E-state index >= 15 is 0 Å². The van der Waals surface area contributed by atoms with Gasteiger partial charge in [0.1, 0.15) is 30.5 Å². The number of aliphatic hydroxyl groups excluding tert-OH is 5. The molecule has 10 N–H and O–H groups in total. The van der Waals surface area contributed by atoms with Gasteiger partial charge in [0, 0.05) is 39.0 Å². The molecule has 6 atom stereocenters. The molecule has 1 aliphatic rings. The van der Waals surface area contributed by atoms with Crippen LogP contribution < -0.4 is 21.7 Å². The second-order valence-electron chi connectivity index (χ2n) is 10.7. The van der Waals surface area contributed by atoms with Gasteiger partial charge in [0.25, 0.3) is 0 Å². The van der Waals surface area contributed by atoms with Crippen molar-refractivity contribution in [2.45, 2.75) is 101 Å². The summed E-state index contributed by atoms with van der Waals surface area (Å²) in [4.78, 5) is 50.9. The SMILES string of the molecule is CCC(=O)NC(CC(=O)NCCCCCN)C(=O)NCCCCCC(=O)N(CCO)CCO[C@H]1OC(CO)[C@@H](O)C(O)C1O. The monoisotopic (exact) mass is 635 g/mol. The van der Waals surface area contributed by atoms with Gasteiger partial charge >= 0.3 is 0 Å². The van der Waals surface area contributed by atoms with Gasteiger partial charge in [-0.05, 0) is 32.2 Å². The molecular weight excluding hydrogens is 582 g/mol. The Morgan fingerprint density at radius 3 is 2.20 bits per heavy atom.